The fourth-order valence-electron chi connectivity index (χ4n) is 1.99. The molecule has 0 aliphatic heterocycles. The van der Waals surface area contributed by atoms with Crippen molar-refractivity contribution in [2.24, 2.45) is 5.92 Å². The molecule has 0 spiro atoms. The first-order chi connectivity index (χ1) is 11.1. The molecule has 0 radical (unpaired) electrons. The van der Waals surface area contributed by atoms with Crippen LogP contribution in [-0.2, 0) is 9.59 Å². The summed E-state index contributed by atoms with van der Waals surface area (Å²) in [7, 11) is 1.45. The predicted molar refractivity (Wildman–Crippen MR) is 84.6 cm³/mol. The maximum absolute atomic E-state index is 12.0. The van der Waals surface area contributed by atoms with Gasteiger partial charge < -0.3 is 15.3 Å². The molecule has 1 aromatic rings. The number of likely N-dealkylation sites (N-methyl/N-ethyl adjacent to an activating group) is 1. The highest BCUT2D eigenvalue weighted by Crippen LogP contribution is 2.18. The number of aliphatic carboxylic acids is 1. The molecule has 0 aliphatic rings. The van der Waals surface area contributed by atoms with Gasteiger partial charge in [-0.2, -0.15) is 0 Å². The van der Waals surface area contributed by atoms with E-state index in [2.05, 4.69) is 5.32 Å². The Morgan fingerprint density at radius 1 is 1.38 bits per heavy atom. The normalized spacial score (nSPS) is 11.5. The number of hydrogen-bond acceptors (Lipinski definition) is 5. The molecule has 0 fully saturated rings. The smallest absolute Gasteiger partial charge is 0.308 e. The van der Waals surface area contributed by atoms with E-state index in [9.17, 15) is 24.5 Å². The molecule has 2 N–H and O–H groups in total. The van der Waals surface area contributed by atoms with Crippen LogP contribution in [0.3, 0.4) is 0 Å². The van der Waals surface area contributed by atoms with Gasteiger partial charge in [0.2, 0.25) is 5.91 Å². The highest BCUT2D eigenvalue weighted by molar-refractivity contribution is 5.96. The molecule has 0 saturated carbocycles. The number of amides is 2. The average Bonchev–Trinajstić information content (AvgIpc) is 2.51. The molecule has 0 saturated heterocycles. The maximum atomic E-state index is 12.0. The second kappa shape index (κ2) is 8.04. The third-order valence-corrected chi connectivity index (χ3v) is 3.45. The van der Waals surface area contributed by atoms with Crippen molar-refractivity contribution in [3.05, 3.63) is 39.4 Å². The van der Waals surface area contributed by atoms with Gasteiger partial charge in [0.15, 0.2) is 0 Å². The molecule has 130 valence electrons. The number of nitrogens with one attached hydrogen (secondary N) is 1. The zero-order chi connectivity index (χ0) is 18.4. The lowest BCUT2D eigenvalue weighted by atomic mass is 10.1. The second-order valence-corrected chi connectivity index (χ2v) is 5.45. The summed E-state index contributed by atoms with van der Waals surface area (Å²) < 4.78 is 0. The van der Waals surface area contributed by atoms with Crippen LogP contribution in [-0.4, -0.2) is 52.9 Å². The van der Waals surface area contributed by atoms with E-state index >= 15 is 0 Å². The SMILES string of the molecule is Cc1cc(C(=O)NCC(=O)N(C)CC(C)C(=O)O)ccc1[N+](=O)[O-]. The molecule has 9 heteroatoms. The average molecular weight is 337 g/mol. The summed E-state index contributed by atoms with van der Waals surface area (Å²) in [6.45, 7) is 2.73. The monoisotopic (exact) mass is 337 g/mol. The summed E-state index contributed by atoms with van der Waals surface area (Å²) in [5, 5.41) is 22.0. The van der Waals surface area contributed by atoms with Crippen molar-refractivity contribution >= 4 is 23.5 Å². The standard InChI is InChI=1S/C15H19N3O6/c1-9-6-11(4-5-12(9)18(23)24)14(20)16-7-13(19)17(3)8-10(2)15(21)22/h4-6,10H,7-8H2,1-3H3,(H,16,20)(H,21,22). The first kappa shape index (κ1) is 19.1. The van der Waals surface area contributed by atoms with Gasteiger partial charge in [-0.25, -0.2) is 0 Å². The van der Waals surface area contributed by atoms with Crippen LogP contribution in [0, 0.1) is 23.0 Å². The molecule has 1 unspecified atom stereocenters. The molecule has 0 aliphatic carbocycles. The van der Waals surface area contributed by atoms with Gasteiger partial charge in [-0.05, 0) is 19.1 Å². The van der Waals surface area contributed by atoms with Gasteiger partial charge in [0, 0.05) is 30.8 Å². The van der Waals surface area contributed by atoms with E-state index in [1.54, 1.807) is 0 Å². The fourth-order valence-corrected chi connectivity index (χ4v) is 1.99. The molecular formula is C15H19N3O6. The summed E-state index contributed by atoms with van der Waals surface area (Å²) in [4.78, 5) is 46.0. The van der Waals surface area contributed by atoms with Crippen molar-refractivity contribution in [1.82, 2.24) is 10.2 Å². The van der Waals surface area contributed by atoms with E-state index < -0.39 is 28.6 Å². The lowest BCUT2D eigenvalue weighted by Gasteiger charge is -2.19. The topological polar surface area (TPSA) is 130 Å². The number of carbonyl (C=O) groups excluding carboxylic acids is 2. The minimum Gasteiger partial charge on any atom is -0.481 e. The van der Waals surface area contributed by atoms with Crippen LogP contribution in [0.2, 0.25) is 0 Å². The number of rotatable bonds is 7. The molecule has 0 bridgehead atoms. The Balaban J connectivity index is 2.62. The van der Waals surface area contributed by atoms with Crippen molar-refractivity contribution in [3.63, 3.8) is 0 Å². The Kier molecular flexibility index (Phi) is 6.39. The molecule has 24 heavy (non-hydrogen) atoms. The summed E-state index contributed by atoms with van der Waals surface area (Å²) in [6, 6.07) is 3.90. The third-order valence-electron chi connectivity index (χ3n) is 3.45. The van der Waals surface area contributed by atoms with Crippen LogP contribution in [0.25, 0.3) is 0 Å². The number of nitro groups is 1. The van der Waals surface area contributed by atoms with Crippen LogP contribution in [0.1, 0.15) is 22.8 Å². The van der Waals surface area contributed by atoms with Crippen LogP contribution in [0.5, 0.6) is 0 Å². The number of carbonyl (C=O) groups is 3. The Morgan fingerprint density at radius 3 is 2.50 bits per heavy atom. The number of carboxylic acids is 1. The number of nitrogens with zero attached hydrogens (tertiary/aromatic N) is 2. The summed E-state index contributed by atoms with van der Waals surface area (Å²) in [5.74, 6) is -2.71. The highest BCUT2D eigenvalue weighted by Gasteiger charge is 2.18. The zero-order valence-electron chi connectivity index (χ0n) is 13.6. The van der Waals surface area contributed by atoms with Crippen molar-refractivity contribution in [3.8, 4) is 0 Å². The third kappa shape index (κ3) is 5.04. The van der Waals surface area contributed by atoms with E-state index in [1.165, 1.54) is 44.0 Å². The van der Waals surface area contributed by atoms with Crippen molar-refractivity contribution < 1.29 is 24.4 Å². The highest BCUT2D eigenvalue weighted by atomic mass is 16.6. The number of nitro benzene ring substituents is 1. The van der Waals surface area contributed by atoms with Crippen molar-refractivity contribution in [1.29, 1.82) is 0 Å². The molecule has 1 rings (SSSR count). The molecule has 0 aromatic heterocycles. The summed E-state index contributed by atoms with van der Waals surface area (Å²) in [6.07, 6.45) is 0. The zero-order valence-corrected chi connectivity index (χ0v) is 13.6. The van der Waals surface area contributed by atoms with Gasteiger partial charge in [0.05, 0.1) is 17.4 Å². The number of carboxylic acid groups (broad SMARTS) is 1. The lowest BCUT2D eigenvalue weighted by Crippen LogP contribution is -2.40. The van der Waals surface area contributed by atoms with Gasteiger partial charge in [-0.15, -0.1) is 0 Å². The fraction of sp³-hybridized carbons (Fsp3) is 0.400. The Hall–Kier alpha value is -2.97. The Labute approximate surface area is 138 Å². The van der Waals surface area contributed by atoms with Gasteiger partial charge in [0.1, 0.15) is 0 Å². The molecule has 9 nitrogen and oxygen atoms in total. The van der Waals surface area contributed by atoms with E-state index in [4.69, 9.17) is 5.11 Å². The Bertz CT molecular complexity index is 673. The van der Waals surface area contributed by atoms with E-state index in [0.717, 1.165) is 0 Å². The van der Waals surface area contributed by atoms with Crippen molar-refractivity contribution in [2.75, 3.05) is 20.1 Å². The first-order valence-corrected chi connectivity index (χ1v) is 7.13. The van der Waals surface area contributed by atoms with Crippen LogP contribution in [0.4, 0.5) is 5.69 Å². The molecule has 1 atom stereocenters. The second-order valence-electron chi connectivity index (χ2n) is 5.45. The minimum atomic E-state index is -1.01. The quantitative estimate of drug-likeness (QED) is 0.559. The van der Waals surface area contributed by atoms with Gasteiger partial charge in [-0.1, -0.05) is 6.92 Å². The van der Waals surface area contributed by atoms with Gasteiger partial charge in [-0.3, -0.25) is 24.5 Å². The summed E-state index contributed by atoms with van der Waals surface area (Å²) in [5.41, 5.74) is 0.448. The molecule has 2 amide bonds. The van der Waals surface area contributed by atoms with Crippen LogP contribution < -0.4 is 5.32 Å². The molecule has 0 heterocycles. The maximum Gasteiger partial charge on any atom is 0.308 e. The summed E-state index contributed by atoms with van der Waals surface area (Å²) >= 11 is 0. The van der Waals surface area contributed by atoms with Gasteiger partial charge >= 0.3 is 5.97 Å². The van der Waals surface area contributed by atoms with Crippen LogP contribution >= 0.6 is 0 Å². The van der Waals surface area contributed by atoms with E-state index in [0.29, 0.717) is 5.56 Å². The first-order valence-electron chi connectivity index (χ1n) is 7.13. The number of aryl methyl sites for hydroxylation is 1. The van der Waals surface area contributed by atoms with E-state index in [1.807, 2.05) is 0 Å². The minimum absolute atomic E-state index is 0.0284. The largest absolute Gasteiger partial charge is 0.481 e. The van der Waals surface area contributed by atoms with Gasteiger partial charge in [0.25, 0.3) is 11.6 Å². The number of benzene rings is 1. The Morgan fingerprint density at radius 2 is 2.00 bits per heavy atom. The predicted octanol–water partition coefficient (Wildman–Crippen LogP) is 0.812. The molecule has 1 aromatic carbocycles. The number of hydrogen-bond donors (Lipinski definition) is 2. The lowest BCUT2D eigenvalue weighted by molar-refractivity contribution is -0.385. The molecular weight excluding hydrogens is 318 g/mol. The van der Waals surface area contributed by atoms with Crippen molar-refractivity contribution in [2.45, 2.75) is 13.8 Å². The van der Waals surface area contributed by atoms with E-state index in [-0.39, 0.29) is 24.3 Å². The van der Waals surface area contributed by atoms with Crippen LogP contribution in [0.15, 0.2) is 18.2 Å².